The summed E-state index contributed by atoms with van der Waals surface area (Å²) in [5.74, 6) is 0. The first-order valence-electron chi connectivity index (χ1n) is 6.73. The Hall–Kier alpha value is -1.29. The third kappa shape index (κ3) is 4.71. The van der Waals surface area contributed by atoms with Crippen LogP contribution in [0, 0.1) is 0 Å². The van der Waals surface area contributed by atoms with Crippen LogP contribution in [0.25, 0.3) is 0 Å². The van der Waals surface area contributed by atoms with Crippen molar-refractivity contribution < 1.29 is 4.79 Å². The van der Waals surface area contributed by atoms with Gasteiger partial charge >= 0.3 is 6.03 Å². The third-order valence-corrected chi connectivity index (χ3v) is 3.93. The highest BCUT2D eigenvalue weighted by atomic mass is 79.9. The second-order valence-corrected chi connectivity index (χ2v) is 5.57. The van der Waals surface area contributed by atoms with Crippen LogP contribution in [0.1, 0.15) is 32.1 Å². The van der Waals surface area contributed by atoms with Crippen molar-refractivity contribution in [2.45, 2.75) is 32.1 Å². The fraction of sp³-hybridized carbons (Fsp3) is 0.400. The second-order valence-electron chi connectivity index (χ2n) is 4.72. The Kier molecular flexibility index (Phi) is 5.45. The topological polar surface area (TPSA) is 41.1 Å². The zero-order chi connectivity index (χ0) is 13.5. The van der Waals surface area contributed by atoms with Gasteiger partial charge in [0.15, 0.2) is 0 Å². The molecule has 0 saturated carbocycles. The molecule has 102 valence electrons. The molecule has 0 radical (unpaired) electrons. The standard InChI is InChI=1S/C15H19BrN2O/c16-13-8-4-5-9-14(13)18-15(19)17-11-10-12-6-2-1-3-7-12/h4-6,8-9H,1-3,7,10-11H2,(H2,17,18,19). The normalized spacial score (nSPS) is 14.7. The largest absolute Gasteiger partial charge is 0.338 e. The van der Waals surface area contributed by atoms with Gasteiger partial charge in [-0.2, -0.15) is 0 Å². The number of halogens is 1. The van der Waals surface area contributed by atoms with Crippen molar-refractivity contribution in [3.05, 3.63) is 40.4 Å². The van der Waals surface area contributed by atoms with E-state index in [9.17, 15) is 4.79 Å². The number of benzene rings is 1. The molecule has 3 nitrogen and oxygen atoms in total. The summed E-state index contributed by atoms with van der Waals surface area (Å²) in [6.07, 6.45) is 8.25. The lowest BCUT2D eigenvalue weighted by Crippen LogP contribution is -2.29. The summed E-state index contributed by atoms with van der Waals surface area (Å²) in [5, 5.41) is 5.73. The van der Waals surface area contributed by atoms with E-state index in [0.29, 0.717) is 6.54 Å². The average Bonchev–Trinajstić information content (AvgIpc) is 2.43. The average molecular weight is 323 g/mol. The van der Waals surface area contributed by atoms with E-state index in [1.54, 1.807) is 0 Å². The fourth-order valence-corrected chi connectivity index (χ4v) is 2.58. The van der Waals surface area contributed by atoms with E-state index in [1.807, 2.05) is 24.3 Å². The molecular formula is C15H19BrN2O. The Balaban J connectivity index is 1.73. The predicted octanol–water partition coefficient (Wildman–Crippen LogP) is 4.46. The Morgan fingerprint density at radius 2 is 2.11 bits per heavy atom. The summed E-state index contributed by atoms with van der Waals surface area (Å²) >= 11 is 3.40. The van der Waals surface area contributed by atoms with Gasteiger partial charge in [-0.15, -0.1) is 0 Å². The number of anilines is 1. The molecule has 1 aromatic rings. The minimum atomic E-state index is -0.150. The van der Waals surface area contributed by atoms with Gasteiger partial charge in [-0.1, -0.05) is 23.8 Å². The summed E-state index contributed by atoms with van der Waals surface area (Å²) in [4.78, 5) is 11.7. The smallest absolute Gasteiger partial charge is 0.319 e. The maximum atomic E-state index is 11.7. The number of carbonyl (C=O) groups excluding carboxylic acids is 1. The van der Waals surface area contributed by atoms with Gasteiger partial charge in [0.05, 0.1) is 5.69 Å². The summed E-state index contributed by atoms with van der Waals surface area (Å²) in [6, 6.07) is 7.44. The van der Waals surface area contributed by atoms with Crippen molar-refractivity contribution in [3.63, 3.8) is 0 Å². The molecule has 0 saturated heterocycles. The summed E-state index contributed by atoms with van der Waals surface area (Å²) < 4.78 is 0.889. The number of carbonyl (C=O) groups is 1. The molecule has 1 aliphatic carbocycles. The number of hydrogen-bond donors (Lipinski definition) is 2. The molecule has 0 heterocycles. The van der Waals surface area contributed by atoms with Gasteiger partial charge in [0.25, 0.3) is 0 Å². The van der Waals surface area contributed by atoms with Gasteiger partial charge < -0.3 is 10.6 Å². The molecule has 4 heteroatoms. The van der Waals surface area contributed by atoms with Gasteiger partial charge in [0.1, 0.15) is 0 Å². The number of para-hydroxylation sites is 1. The zero-order valence-electron chi connectivity index (χ0n) is 10.9. The molecule has 0 atom stereocenters. The summed E-state index contributed by atoms with van der Waals surface area (Å²) in [5.41, 5.74) is 2.27. The maximum absolute atomic E-state index is 11.7. The van der Waals surface area contributed by atoms with E-state index in [4.69, 9.17) is 0 Å². The van der Waals surface area contributed by atoms with Crippen LogP contribution in [0.5, 0.6) is 0 Å². The quantitative estimate of drug-likeness (QED) is 0.789. The van der Waals surface area contributed by atoms with E-state index in [1.165, 1.54) is 31.3 Å². The van der Waals surface area contributed by atoms with E-state index < -0.39 is 0 Å². The van der Waals surface area contributed by atoms with Crippen molar-refractivity contribution in [1.29, 1.82) is 0 Å². The van der Waals surface area contributed by atoms with Gasteiger partial charge in [0.2, 0.25) is 0 Å². The van der Waals surface area contributed by atoms with Crippen molar-refractivity contribution in [3.8, 4) is 0 Å². The van der Waals surface area contributed by atoms with Crippen LogP contribution in [0.4, 0.5) is 10.5 Å². The maximum Gasteiger partial charge on any atom is 0.319 e. The lowest BCUT2D eigenvalue weighted by atomic mass is 9.97. The first kappa shape index (κ1) is 14.1. The van der Waals surface area contributed by atoms with Gasteiger partial charge in [-0.3, -0.25) is 0 Å². The highest BCUT2D eigenvalue weighted by Gasteiger charge is 2.06. The Labute approximate surface area is 122 Å². The molecule has 19 heavy (non-hydrogen) atoms. The van der Waals surface area contributed by atoms with E-state index >= 15 is 0 Å². The minimum absolute atomic E-state index is 0.150. The van der Waals surface area contributed by atoms with Crippen LogP contribution in [0.3, 0.4) is 0 Å². The number of allylic oxidation sites excluding steroid dienone is 1. The van der Waals surface area contributed by atoms with Crippen molar-refractivity contribution in [2.75, 3.05) is 11.9 Å². The number of amides is 2. The molecule has 1 aliphatic rings. The van der Waals surface area contributed by atoms with Crippen LogP contribution in [-0.4, -0.2) is 12.6 Å². The molecule has 2 rings (SSSR count). The zero-order valence-corrected chi connectivity index (χ0v) is 12.5. The van der Waals surface area contributed by atoms with Gasteiger partial charge in [-0.05, 0) is 60.2 Å². The number of rotatable bonds is 4. The van der Waals surface area contributed by atoms with Crippen molar-refractivity contribution >= 4 is 27.6 Å². The first-order valence-corrected chi connectivity index (χ1v) is 7.52. The third-order valence-electron chi connectivity index (χ3n) is 3.24. The van der Waals surface area contributed by atoms with E-state index in [0.717, 1.165) is 16.6 Å². The molecule has 2 amide bonds. The van der Waals surface area contributed by atoms with Crippen LogP contribution in [-0.2, 0) is 0 Å². The van der Waals surface area contributed by atoms with Gasteiger partial charge in [0, 0.05) is 11.0 Å². The molecule has 0 spiro atoms. The number of nitrogens with one attached hydrogen (secondary N) is 2. The molecule has 2 N–H and O–H groups in total. The Bertz CT molecular complexity index is 471. The number of urea groups is 1. The molecule has 1 aromatic carbocycles. The molecule has 0 unspecified atom stereocenters. The highest BCUT2D eigenvalue weighted by molar-refractivity contribution is 9.10. The minimum Gasteiger partial charge on any atom is -0.338 e. The van der Waals surface area contributed by atoms with Gasteiger partial charge in [-0.25, -0.2) is 4.79 Å². The fourth-order valence-electron chi connectivity index (χ4n) is 2.20. The number of hydrogen-bond acceptors (Lipinski definition) is 1. The van der Waals surface area contributed by atoms with E-state index in [-0.39, 0.29) is 6.03 Å². The molecule has 0 aliphatic heterocycles. The van der Waals surface area contributed by atoms with Crippen LogP contribution >= 0.6 is 15.9 Å². The second kappa shape index (κ2) is 7.34. The summed E-state index contributed by atoms with van der Waals surface area (Å²) in [7, 11) is 0. The Morgan fingerprint density at radius 3 is 2.84 bits per heavy atom. The first-order chi connectivity index (χ1) is 9.25. The molecule has 0 fully saturated rings. The van der Waals surface area contributed by atoms with Crippen LogP contribution < -0.4 is 10.6 Å². The SMILES string of the molecule is O=C(NCCC1=CCCCC1)Nc1ccccc1Br. The molecule has 0 bridgehead atoms. The summed E-state index contributed by atoms with van der Waals surface area (Å²) in [6.45, 7) is 0.697. The van der Waals surface area contributed by atoms with E-state index in [2.05, 4.69) is 32.6 Å². The lowest BCUT2D eigenvalue weighted by Gasteiger charge is -2.13. The molecule has 0 aromatic heterocycles. The van der Waals surface area contributed by atoms with Crippen LogP contribution in [0.15, 0.2) is 40.4 Å². The highest BCUT2D eigenvalue weighted by Crippen LogP contribution is 2.21. The predicted molar refractivity (Wildman–Crippen MR) is 82.3 cm³/mol. The van der Waals surface area contributed by atoms with Crippen molar-refractivity contribution in [2.24, 2.45) is 0 Å². The molecular weight excluding hydrogens is 304 g/mol. The monoisotopic (exact) mass is 322 g/mol. The van der Waals surface area contributed by atoms with Crippen LogP contribution in [0.2, 0.25) is 0 Å². The lowest BCUT2D eigenvalue weighted by molar-refractivity contribution is 0.252. The van der Waals surface area contributed by atoms with Crippen molar-refractivity contribution in [1.82, 2.24) is 5.32 Å². The Morgan fingerprint density at radius 1 is 1.26 bits per heavy atom.